The number of aliphatic hydroxyl groups excluding tert-OH is 1. The first-order valence-electron chi connectivity index (χ1n) is 9.87. The van der Waals surface area contributed by atoms with Crippen LogP contribution in [-0.4, -0.2) is 23.3 Å². The summed E-state index contributed by atoms with van der Waals surface area (Å²) >= 11 is 0. The number of hydrogen-bond acceptors (Lipinski definition) is 3. The van der Waals surface area contributed by atoms with Gasteiger partial charge in [0.1, 0.15) is 6.10 Å². The van der Waals surface area contributed by atoms with Crippen molar-refractivity contribution in [2.75, 3.05) is 0 Å². The lowest BCUT2D eigenvalue weighted by Gasteiger charge is -2.57. The molecule has 0 unspecified atom stereocenters. The molecule has 3 saturated carbocycles. The first-order chi connectivity index (χ1) is 11.3. The second-order valence-corrected chi connectivity index (χ2v) is 9.52. The average molecular weight is 332 g/mol. The molecule has 4 rings (SSSR count). The van der Waals surface area contributed by atoms with Crippen LogP contribution in [0.4, 0.5) is 0 Å². The van der Waals surface area contributed by atoms with E-state index in [1.54, 1.807) is 5.57 Å². The lowest BCUT2D eigenvalue weighted by molar-refractivity contribution is -0.148. The monoisotopic (exact) mass is 332 g/mol. The van der Waals surface area contributed by atoms with Crippen LogP contribution in [0.1, 0.15) is 72.1 Å². The summed E-state index contributed by atoms with van der Waals surface area (Å²) in [6.45, 7) is 6.41. The molecule has 0 aromatic rings. The van der Waals surface area contributed by atoms with Crippen LogP contribution in [0.5, 0.6) is 0 Å². The van der Waals surface area contributed by atoms with Crippen molar-refractivity contribution in [3.8, 4) is 0 Å². The number of esters is 1. The Labute approximate surface area is 145 Å². The van der Waals surface area contributed by atoms with Gasteiger partial charge >= 0.3 is 5.97 Å². The maximum Gasteiger partial charge on any atom is 0.302 e. The maximum absolute atomic E-state index is 11.3. The van der Waals surface area contributed by atoms with Gasteiger partial charge in [-0.3, -0.25) is 4.79 Å². The van der Waals surface area contributed by atoms with Crippen molar-refractivity contribution in [3.05, 3.63) is 11.6 Å². The van der Waals surface area contributed by atoms with Gasteiger partial charge < -0.3 is 9.84 Å². The smallest absolute Gasteiger partial charge is 0.302 e. The summed E-state index contributed by atoms with van der Waals surface area (Å²) in [5.74, 6) is 2.03. The summed E-state index contributed by atoms with van der Waals surface area (Å²) in [4.78, 5) is 11.3. The third-order valence-electron chi connectivity index (χ3n) is 8.14. The van der Waals surface area contributed by atoms with Crippen LogP contribution < -0.4 is 0 Å². The van der Waals surface area contributed by atoms with Gasteiger partial charge in [-0.1, -0.05) is 25.5 Å². The van der Waals surface area contributed by atoms with Gasteiger partial charge in [0.2, 0.25) is 0 Å². The van der Waals surface area contributed by atoms with Gasteiger partial charge in [0.15, 0.2) is 0 Å². The molecule has 0 spiro atoms. The number of fused-ring (bicyclic) bond motifs is 5. The summed E-state index contributed by atoms with van der Waals surface area (Å²) < 4.78 is 5.51. The van der Waals surface area contributed by atoms with Gasteiger partial charge in [-0.25, -0.2) is 0 Å². The first kappa shape index (κ1) is 16.6. The van der Waals surface area contributed by atoms with Crippen LogP contribution in [-0.2, 0) is 9.53 Å². The quantitative estimate of drug-likeness (QED) is 0.577. The molecule has 0 aromatic heterocycles. The zero-order valence-electron chi connectivity index (χ0n) is 15.4. The summed E-state index contributed by atoms with van der Waals surface area (Å²) in [6.07, 6.45) is 11.3. The van der Waals surface area contributed by atoms with Gasteiger partial charge in [-0.05, 0) is 73.5 Å². The number of aliphatic hydroxyl groups is 1. The van der Waals surface area contributed by atoms with Crippen molar-refractivity contribution in [2.45, 2.75) is 84.3 Å². The Morgan fingerprint density at radius 1 is 1.25 bits per heavy atom. The van der Waals surface area contributed by atoms with Crippen molar-refractivity contribution in [1.82, 2.24) is 0 Å². The van der Waals surface area contributed by atoms with Crippen molar-refractivity contribution >= 4 is 5.97 Å². The van der Waals surface area contributed by atoms with Gasteiger partial charge in [-0.2, -0.15) is 0 Å². The van der Waals surface area contributed by atoms with Gasteiger partial charge in [-0.15, -0.1) is 0 Å². The highest BCUT2D eigenvalue weighted by Crippen LogP contribution is 2.64. The molecule has 3 nitrogen and oxygen atoms in total. The molecule has 0 bridgehead atoms. The zero-order chi connectivity index (χ0) is 17.1. The number of ether oxygens (including phenoxy) is 1. The minimum Gasteiger partial charge on any atom is -0.462 e. The van der Waals surface area contributed by atoms with Crippen LogP contribution >= 0.6 is 0 Å². The molecule has 1 N–H and O–H groups in total. The lowest BCUT2D eigenvalue weighted by Crippen LogP contribution is -2.49. The van der Waals surface area contributed by atoms with Crippen molar-refractivity contribution < 1.29 is 14.6 Å². The number of allylic oxidation sites excluding steroid dienone is 1. The molecule has 0 aromatic carbocycles. The molecule has 4 aliphatic rings. The molecule has 0 saturated heterocycles. The Kier molecular flexibility index (Phi) is 3.87. The van der Waals surface area contributed by atoms with E-state index in [9.17, 15) is 9.90 Å². The van der Waals surface area contributed by atoms with E-state index >= 15 is 0 Å². The highest BCUT2D eigenvalue weighted by Gasteiger charge is 2.57. The van der Waals surface area contributed by atoms with E-state index in [1.807, 2.05) is 0 Å². The van der Waals surface area contributed by atoms with Gasteiger partial charge in [0.05, 0.1) is 6.10 Å². The standard InChI is InChI=1S/C21H32O3/c1-13(22)24-16-6-9-21(3)14(10-16)4-5-17-18(21)7-8-20(2)12-15(23)11-19(17)20/h4,15-19,23H,5-12H2,1-3H3/t15-,16+,17-,18+,19+,20-,21+/m1/s1. The highest BCUT2D eigenvalue weighted by atomic mass is 16.5. The normalized spacial score (nSPS) is 50.3. The molecule has 134 valence electrons. The Bertz CT molecular complexity index is 567. The molecular weight excluding hydrogens is 300 g/mol. The molecule has 3 fully saturated rings. The molecule has 4 aliphatic carbocycles. The second-order valence-electron chi connectivity index (χ2n) is 9.52. The predicted molar refractivity (Wildman–Crippen MR) is 93.3 cm³/mol. The summed E-state index contributed by atoms with van der Waals surface area (Å²) in [7, 11) is 0. The maximum atomic E-state index is 11.3. The molecule has 7 atom stereocenters. The first-order valence-corrected chi connectivity index (χ1v) is 9.87. The minimum atomic E-state index is -0.147. The van der Waals surface area contributed by atoms with Crippen LogP contribution in [0, 0.1) is 28.6 Å². The predicted octanol–water partition coefficient (Wildman–Crippen LogP) is 4.24. The Morgan fingerprint density at radius 3 is 2.79 bits per heavy atom. The fourth-order valence-electron chi connectivity index (χ4n) is 6.98. The van der Waals surface area contributed by atoms with Crippen molar-refractivity contribution in [1.29, 1.82) is 0 Å². The minimum absolute atomic E-state index is 0.0838. The largest absolute Gasteiger partial charge is 0.462 e. The third-order valence-corrected chi connectivity index (χ3v) is 8.14. The van der Waals surface area contributed by atoms with E-state index in [0.29, 0.717) is 11.3 Å². The van der Waals surface area contributed by atoms with Crippen LogP contribution in [0.3, 0.4) is 0 Å². The Morgan fingerprint density at radius 2 is 2.04 bits per heavy atom. The van der Waals surface area contributed by atoms with Gasteiger partial charge in [0, 0.05) is 13.3 Å². The van der Waals surface area contributed by atoms with E-state index in [0.717, 1.165) is 50.4 Å². The highest BCUT2D eigenvalue weighted by molar-refractivity contribution is 5.66. The van der Waals surface area contributed by atoms with Crippen LogP contribution in [0.15, 0.2) is 11.6 Å². The van der Waals surface area contributed by atoms with E-state index in [1.165, 1.54) is 19.8 Å². The Hall–Kier alpha value is -0.830. The summed E-state index contributed by atoms with van der Waals surface area (Å²) in [5.41, 5.74) is 2.19. The Balaban J connectivity index is 1.58. The van der Waals surface area contributed by atoms with Gasteiger partial charge in [0.25, 0.3) is 0 Å². The fraction of sp³-hybridized carbons (Fsp3) is 0.857. The number of hydrogen-bond donors (Lipinski definition) is 1. The fourth-order valence-corrected chi connectivity index (χ4v) is 6.98. The molecule has 0 heterocycles. The number of carbonyl (C=O) groups excluding carboxylic acids is 1. The SMILES string of the molecule is CC(=O)O[C@H]1CC[C@@]2(C)C(=CC[C@H]3[C@@H]4C[C@@H](O)C[C@@]4(C)CC[C@@H]32)C1. The second kappa shape index (κ2) is 5.59. The number of rotatable bonds is 1. The van der Waals surface area contributed by atoms with Crippen LogP contribution in [0.2, 0.25) is 0 Å². The molecule has 0 radical (unpaired) electrons. The van der Waals surface area contributed by atoms with E-state index in [4.69, 9.17) is 4.74 Å². The molecule has 24 heavy (non-hydrogen) atoms. The van der Waals surface area contributed by atoms with Crippen molar-refractivity contribution in [2.24, 2.45) is 28.6 Å². The average Bonchev–Trinajstić information content (AvgIpc) is 2.81. The molecule has 3 heteroatoms. The molecule has 0 amide bonds. The topological polar surface area (TPSA) is 46.5 Å². The lowest BCUT2D eigenvalue weighted by atomic mass is 9.48. The molecule has 0 aliphatic heterocycles. The van der Waals surface area contributed by atoms with E-state index in [2.05, 4.69) is 19.9 Å². The van der Waals surface area contributed by atoms with E-state index < -0.39 is 0 Å². The van der Waals surface area contributed by atoms with E-state index in [-0.39, 0.29) is 23.6 Å². The zero-order valence-corrected chi connectivity index (χ0v) is 15.4. The summed E-state index contributed by atoms with van der Waals surface area (Å²) in [6, 6.07) is 0. The molecular formula is C21H32O3. The summed E-state index contributed by atoms with van der Waals surface area (Å²) in [5, 5.41) is 10.3. The van der Waals surface area contributed by atoms with Crippen LogP contribution in [0.25, 0.3) is 0 Å². The number of carbonyl (C=O) groups is 1. The van der Waals surface area contributed by atoms with Crippen molar-refractivity contribution in [3.63, 3.8) is 0 Å². The third kappa shape index (κ3) is 2.46.